The molecular formula is C16H21NO6. The minimum absolute atomic E-state index is 0.0632. The van der Waals surface area contributed by atoms with Crippen molar-refractivity contribution in [2.24, 2.45) is 0 Å². The topological polar surface area (TPSA) is 102 Å². The van der Waals surface area contributed by atoms with Crippen LogP contribution in [-0.2, 0) is 19.2 Å². The van der Waals surface area contributed by atoms with Gasteiger partial charge in [0, 0.05) is 6.42 Å². The second-order valence-electron chi connectivity index (χ2n) is 5.89. The lowest BCUT2D eigenvalue weighted by atomic mass is 10.1. The third-order valence-corrected chi connectivity index (χ3v) is 2.66. The second kappa shape index (κ2) is 8.28. The van der Waals surface area contributed by atoms with Gasteiger partial charge in [0.15, 0.2) is 0 Å². The lowest BCUT2D eigenvalue weighted by Crippen LogP contribution is -2.39. The summed E-state index contributed by atoms with van der Waals surface area (Å²) >= 11 is 0. The van der Waals surface area contributed by atoms with Gasteiger partial charge in [0.25, 0.3) is 0 Å². The molecule has 0 fully saturated rings. The molecular weight excluding hydrogens is 302 g/mol. The Morgan fingerprint density at radius 2 is 1.78 bits per heavy atom. The predicted molar refractivity (Wildman–Crippen MR) is 81.5 cm³/mol. The maximum Gasteiger partial charge on any atom is 0.356 e. The van der Waals surface area contributed by atoms with Crippen LogP contribution in [0.5, 0.6) is 0 Å². The maximum absolute atomic E-state index is 11.7. The molecule has 0 amide bonds. The molecule has 0 bridgehead atoms. The van der Waals surface area contributed by atoms with Crippen molar-refractivity contribution in [3.63, 3.8) is 0 Å². The van der Waals surface area contributed by atoms with Crippen LogP contribution in [0.25, 0.3) is 0 Å². The molecule has 1 aromatic carbocycles. The van der Waals surface area contributed by atoms with Gasteiger partial charge in [0.2, 0.25) is 0 Å². The number of esters is 1. The van der Waals surface area contributed by atoms with Gasteiger partial charge in [-0.2, -0.15) is 0 Å². The summed E-state index contributed by atoms with van der Waals surface area (Å²) in [6.07, 6.45) is -0.170. The Hall–Kier alpha value is -2.41. The number of aliphatic carboxylic acids is 1. The summed E-state index contributed by atoms with van der Waals surface area (Å²) in [5.41, 5.74) is 1.83. The van der Waals surface area contributed by atoms with Crippen molar-refractivity contribution in [1.29, 1.82) is 0 Å². The fourth-order valence-electron chi connectivity index (χ4n) is 1.65. The average Bonchev–Trinajstić information content (AvgIpc) is 2.45. The SMILES string of the molecule is CC(C)(C)OC(=O)CCC(NOC(=O)c1ccccc1)C(=O)O. The van der Waals surface area contributed by atoms with Gasteiger partial charge >= 0.3 is 17.9 Å². The van der Waals surface area contributed by atoms with Crippen LogP contribution in [0, 0.1) is 0 Å². The second-order valence-corrected chi connectivity index (χ2v) is 5.89. The van der Waals surface area contributed by atoms with Crippen LogP contribution in [0.4, 0.5) is 0 Å². The molecule has 1 rings (SSSR count). The molecule has 7 heteroatoms. The number of rotatable bonds is 7. The van der Waals surface area contributed by atoms with Gasteiger partial charge in [-0.05, 0) is 39.3 Å². The van der Waals surface area contributed by atoms with Gasteiger partial charge in [0.1, 0.15) is 11.6 Å². The van der Waals surface area contributed by atoms with Gasteiger partial charge in [-0.3, -0.25) is 9.59 Å². The molecule has 0 aliphatic rings. The van der Waals surface area contributed by atoms with Crippen molar-refractivity contribution >= 4 is 17.9 Å². The van der Waals surface area contributed by atoms with E-state index in [0.29, 0.717) is 0 Å². The third-order valence-electron chi connectivity index (χ3n) is 2.66. The molecule has 2 N–H and O–H groups in total. The molecule has 0 aliphatic heterocycles. The van der Waals surface area contributed by atoms with Crippen LogP contribution in [0.15, 0.2) is 30.3 Å². The first kappa shape index (κ1) is 18.6. The molecule has 126 valence electrons. The Kier molecular flexibility index (Phi) is 6.71. The van der Waals surface area contributed by atoms with Gasteiger partial charge in [-0.25, -0.2) is 4.79 Å². The molecule has 0 aromatic heterocycles. The van der Waals surface area contributed by atoms with E-state index in [1.165, 1.54) is 0 Å². The molecule has 0 spiro atoms. The minimum Gasteiger partial charge on any atom is -0.480 e. The number of carbonyl (C=O) groups is 3. The lowest BCUT2D eigenvalue weighted by Gasteiger charge is -2.20. The van der Waals surface area contributed by atoms with Crippen molar-refractivity contribution in [2.75, 3.05) is 0 Å². The molecule has 0 radical (unpaired) electrons. The lowest BCUT2D eigenvalue weighted by molar-refractivity contribution is -0.155. The van der Waals surface area contributed by atoms with E-state index < -0.39 is 29.6 Å². The Morgan fingerprint density at radius 1 is 1.17 bits per heavy atom. The average molecular weight is 323 g/mol. The highest BCUT2D eigenvalue weighted by Crippen LogP contribution is 2.10. The normalized spacial score (nSPS) is 12.3. The third kappa shape index (κ3) is 7.42. The Bertz CT molecular complexity index is 549. The number of carboxylic acids is 1. The molecule has 0 saturated heterocycles. The first-order valence-electron chi connectivity index (χ1n) is 7.15. The highest BCUT2D eigenvalue weighted by atomic mass is 16.7. The van der Waals surface area contributed by atoms with E-state index in [1.807, 2.05) is 0 Å². The standard InChI is InChI=1S/C16H21NO6/c1-16(2,3)22-13(18)10-9-12(14(19)20)17-23-15(21)11-7-5-4-6-8-11/h4-8,12,17H,9-10H2,1-3H3,(H,19,20). The summed E-state index contributed by atoms with van der Waals surface area (Å²) in [6, 6.07) is 6.95. The van der Waals surface area contributed by atoms with Gasteiger partial charge in [-0.15, -0.1) is 5.48 Å². The number of hydroxylamine groups is 1. The summed E-state index contributed by atoms with van der Waals surface area (Å²) in [5, 5.41) is 9.10. The molecule has 1 atom stereocenters. The van der Waals surface area contributed by atoms with Crippen molar-refractivity contribution in [3.8, 4) is 0 Å². The van der Waals surface area contributed by atoms with Gasteiger partial charge < -0.3 is 14.7 Å². The van der Waals surface area contributed by atoms with Crippen LogP contribution in [0.1, 0.15) is 44.0 Å². The summed E-state index contributed by atoms with van der Waals surface area (Å²) in [6.45, 7) is 5.17. The summed E-state index contributed by atoms with van der Waals surface area (Å²) in [7, 11) is 0. The number of carbonyl (C=O) groups excluding carboxylic acids is 2. The largest absolute Gasteiger partial charge is 0.480 e. The number of benzene rings is 1. The van der Waals surface area contributed by atoms with Crippen LogP contribution < -0.4 is 5.48 Å². The highest BCUT2D eigenvalue weighted by Gasteiger charge is 2.23. The first-order valence-corrected chi connectivity index (χ1v) is 7.15. The molecule has 23 heavy (non-hydrogen) atoms. The molecule has 7 nitrogen and oxygen atoms in total. The zero-order chi connectivity index (χ0) is 17.5. The number of ether oxygens (including phenoxy) is 1. The van der Waals surface area contributed by atoms with Crippen LogP contribution in [0.3, 0.4) is 0 Å². The van der Waals surface area contributed by atoms with Crippen molar-refractivity contribution in [1.82, 2.24) is 5.48 Å². The minimum atomic E-state index is -1.23. The van der Waals surface area contributed by atoms with E-state index in [0.717, 1.165) is 0 Å². The van der Waals surface area contributed by atoms with E-state index in [1.54, 1.807) is 51.1 Å². The molecule has 0 saturated carbocycles. The maximum atomic E-state index is 11.7. The Labute approximate surface area is 134 Å². The quantitative estimate of drug-likeness (QED) is 0.584. The molecule has 0 heterocycles. The zero-order valence-corrected chi connectivity index (χ0v) is 13.4. The van der Waals surface area contributed by atoms with Crippen LogP contribution in [0.2, 0.25) is 0 Å². The van der Waals surface area contributed by atoms with Gasteiger partial charge in [-0.1, -0.05) is 18.2 Å². The first-order chi connectivity index (χ1) is 10.7. The summed E-state index contributed by atoms with van der Waals surface area (Å²) in [5.74, 6) is -2.44. The zero-order valence-electron chi connectivity index (χ0n) is 13.4. The van der Waals surface area contributed by atoms with E-state index >= 15 is 0 Å². The molecule has 1 unspecified atom stereocenters. The smallest absolute Gasteiger partial charge is 0.356 e. The van der Waals surface area contributed by atoms with Crippen molar-refractivity contribution in [3.05, 3.63) is 35.9 Å². The van der Waals surface area contributed by atoms with Crippen molar-refractivity contribution in [2.45, 2.75) is 45.3 Å². The summed E-state index contributed by atoms with van der Waals surface area (Å²) < 4.78 is 5.10. The van der Waals surface area contributed by atoms with E-state index in [-0.39, 0.29) is 18.4 Å². The number of carboxylic acid groups (broad SMARTS) is 1. The van der Waals surface area contributed by atoms with Crippen LogP contribution >= 0.6 is 0 Å². The monoisotopic (exact) mass is 323 g/mol. The van der Waals surface area contributed by atoms with E-state index in [9.17, 15) is 14.4 Å². The van der Waals surface area contributed by atoms with Crippen LogP contribution in [-0.4, -0.2) is 34.7 Å². The van der Waals surface area contributed by atoms with E-state index in [2.05, 4.69) is 5.48 Å². The van der Waals surface area contributed by atoms with Gasteiger partial charge in [0.05, 0.1) is 5.56 Å². The fourth-order valence-corrected chi connectivity index (χ4v) is 1.65. The Morgan fingerprint density at radius 3 is 2.30 bits per heavy atom. The van der Waals surface area contributed by atoms with Crippen molar-refractivity contribution < 1.29 is 29.1 Å². The predicted octanol–water partition coefficient (Wildman–Crippen LogP) is 1.92. The highest BCUT2D eigenvalue weighted by molar-refractivity contribution is 5.89. The number of hydrogen-bond acceptors (Lipinski definition) is 6. The number of nitrogens with one attached hydrogen (secondary N) is 1. The molecule has 0 aliphatic carbocycles. The Balaban J connectivity index is 2.48. The fraction of sp³-hybridized carbons (Fsp3) is 0.438. The summed E-state index contributed by atoms with van der Waals surface area (Å²) in [4.78, 5) is 39.2. The molecule has 1 aromatic rings. The van der Waals surface area contributed by atoms with E-state index in [4.69, 9.17) is 14.7 Å². The number of hydrogen-bond donors (Lipinski definition) is 2.